The van der Waals surface area contributed by atoms with Gasteiger partial charge in [-0.3, -0.25) is 0 Å². The molecule has 1 aromatic carbocycles. The zero-order chi connectivity index (χ0) is 18.3. The molecule has 4 nitrogen and oxygen atoms in total. The normalized spacial score (nSPS) is 29.8. The topological polar surface area (TPSA) is 38.8 Å². The van der Waals surface area contributed by atoms with Crippen LogP contribution in [0.3, 0.4) is 0 Å². The minimum absolute atomic E-state index is 0.125. The van der Waals surface area contributed by atoms with Gasteiger partial charge in [0.15, 0.2) is 0 Å². The zero-order valence-corrected chi connectivity index (χ0v) is 16.3. The van der Waals surface area contributed by atoms with E-state index in [1.807, 2.05) is 11.8 Å². The average Bonchev–Trinajstić information content (AvgIpc) is 2.62. The number of likely N-dealkylation sites (tertiary alicyclic amines) is 1. The largest absolute Gasteiger partial charge is 0.491 e. The molecule has 1 heterocycles. The molecule has 4 heteroatoms. The fourth-order valence-electron chi connectivity index (χ4n) is 5.76. The van der Waals surface area contributed by atoms with Crippen molar-refractivity contribution in [2.75, 3.05) is 13.2 Å². The van der Waals surface area contributed by atoms with E-state index in [9.17, 15) is 4.79 Å². The number of carbonyl (C=O) groups is 1. The SMILES string of the molecule is CCOC(=O)N1CC[C@]23CCCC[C@H]2[C@H]1Cc1ccc(OC(C)C)cc13. The van der Waals surface area contributed by atoms with E-state index in [0.717, 1.165) is 25.1 Å². The molecule has 0 radical (unpaired) electrons. The van der Waals surface area contributed by atoms with Crippen LogP contribution in [0.1, 0.15) is 64.0 Å². The van der Waals surface area contributed by atoms with Crippen molar-refractivity contribution in [1.82, 2.24) is 4.90 Å². The molecule has 2 aliphatic carbocycles. The molecule has 2 fully saturated rings. The first kappa shape index (κ1) is 17.7. The molecule has 1 saturated heterocycles. The maximum atomic E-state index is 12.5. The van der Waals surface area contributed by atoms with Crippen molar-refractivity contribution in [3.8, 4) is 5.75 Å². The van der Waals surface area contributed by atoms with Crippen LogP contribution >= 0.6 is 0 Å². The highest BCUT2D eigenvalue weighted by molar-refractivity contribution is 5.69. The number of benzene rings is 1. The number of ether oxygens (including phenoxy) is 2. The predicted octanol–water partition coefficient (Wildman–Crippen LogP) is 4.69. The molecular weight excluding hydrogens is 326 g/mol. The summed E-state index contributed by atoms with van der Waals surface area (Å²) >= 11 is 0. The van der Waals surface area contributed by atoms with Crippen LogP contribution < -0.4 is 4.74 Å². The second-order valence-corrected chi connectivity index (χ2v) is 8.41. The summed E-state index contributed by atoms with van der Waals surface area (Å²) in [6, 6.07) is 6.93. The van der Waals surface area contributed by atoms with Crippen molar-refractivity contribution < 1.29 is 14.3 Å². The third-order valence-electron chi connectivity index (χ3n) is 6.68. The van der Waals surface area contributed by atoms with Crippen LogP contribution in [0.15, 0.2) is 18.2 Å². The van der Waals surface area contributed by atoms with Crippen molar-refractivity contribution in [3.05, 3.63) is 29.3 Å². The summed E-state index contributed by atoms with van der Waals surface area (Å²) in [5, 5.41) is 0. The molecule has 1 saturated carbocycles. The van der Waals surface area contributed by atoms with Crippen LogP contribution in [0, 0.1) is 5.92 Å². The molecule has 0 unspecified atom stereocenters. The summed E-state index contributed by atoms with van der Waals surface area (Å²) in [7, 11) is 0. The molecule has 142 valence electrons. The Morgan fingerprint density at radius 2 is 2.15 bits per heavy atom. The molecular formula is C22H31NO3. The van der Waals surface area contributed by atoms with Crippen LogP contribution in [-0.2, 0) is 16.6 Å². The highest BCUT2D eigenvalue weighted by Crippen LogP contribution is 2.56. The summed E-state index contributed by atoms with van der Waals surface area (Å²) < 4.78 is 11.4. The lowest BCUT2D eigenvalue weighted by molar-refractivity contribution is -0.0110. The summed E-state index contributed by atoms with van der Waals surface area (Å²) in [6.45, 7) is 7.31. The number of hydrogen-bond donors (Lipinski definition) is 0. The van der Waals surface area contributed by atoms with Gasteiger partial charge in [0, 0.05) is 18.0 Å². The maximum absolute atomic E-state index is 12.5. The van der Waals surface area contributed by atoms with Crippen LogP contribution in [0.25, 0.3) is 0 Å². The van der Waals surface area contributed by atoms with E-state index in [0.29, 0.717) is 12.5 Å². The fourth-order valence-corrected chi connectivity index (χ4v) is 5.76. The third-order valence-corrected chi connectivity index (χ3v) is 6.68. The van der Waals surface area contributed by atoms with Crippen LogP contribution in [0.5, 0.6) is 5.75 Å². The Kier molecular flexibility index (Phi) is 4.62. The first-order valence-electron chi connectivity index (χ1n) is 10.3. The molecule has 26 heavy (non-hydrogen) atoms. The Morgan fingerprint density at radius 3 is 2.92 bits per heavy atom. The van der Waals surface area contributed by atoms with Crippen LogP contribution in [-0.4, -0.2) is 36.3 Å². The predicted molar refractivity (Wildman–Crippen MR) is 102 cm³/mol. The van der Waals surface area contributed by atoms with E-state index >= 15 is 0 Å². The van der Waals surface area contributed by atoms with Crippen LogP contribution in [0.2, 0.25) is 0 Å². The monoisotopic (exact) mass is 357 g/mol. The van der Waals surface area contributed by atoms with E-state index in [1.54, 1.807) is 0 Å². The van der Waals surface area contributed by atoms with E-state index in [4.69, 9.17) is 9.47 Å². The Hall–Kier alpha value is -1.71. The van der Waals surface area contributed by atoms with Gasteiger partial charge in [0.25, 0.3) is 0 Å². The van der Waals surface area contributed by atoms with Gasteiger partial charge >= 0.3 is 6.09 Å². The second-order valence-electron chi connectivity index (χ2n) is 8.41. The van der Waals surface area contributed by atoms with Crippen molar-refractivity contribution in [3.63, 3.8) is 0 Å². The number of hydrogen-bond acceptors (Lipinski definition) is 3. The number of amides is 1. The molecule has 1 aliphatic heterocycles. The van der Waals surface area contributed by atoms with Crippen molar-refractivity contribution in [2.45, 2.75) is 76.9 Å². The molecule has 2 bridgehead atoms. The summed E-state index contributed by atoms with van der Waals surface area (Å²) in [5.74, 6) is 1.54. The highest BCUT2D eigenvalue weighted by Gasteiger charge is 2.55. The minimum Gasteiger partial charge on any atom is -0.491 e. The van der Waals surface area contributed by atoms with Crippen molar-refractivity contribution >= 4 is 6.09 Å². The molecule has 4 rings (SSSR count). The van der Waals surface area contributed by atoms with Gasteiger partial charge in [-0.1, -0.05) is 18.9 Å². The Labute approximate surface area is 156 Å². The third kappa shape index (κ3) is 2.78. The lowest BCUT2D eigenvalue weighted by Crippen LogP contribution is -2.62. The molecule has 0 spiro atoms. The number of piperidine rings is 1. The molecule has 1 aromatic rings. The van der Waals surface area contributed by atoms with E-state index in [-0.39, 0.29) is 23.7 Å². The van der Waals surface area contributed by atoms with E-state index in [1.165, 1.54) is 36.8 Å². The second kappa shape index (κ2) is 6.79. The lowest BCUT2D eigenvalue weighted by Gasteiger charge is -2.58. The van der Waals surface area contributed by atoms with Gasteiger partial charge < -0.3 is 14.4 Å². The minimum atomic E-state index is -0.125. The number of carbonyl (C=O) groups excluding carboxylic acids is 1. The maximum Gasteiger partial charge on any atom is 0.410 e. The van der Waals surface area contributed by atoms with Gasteiger partial charge in [-0.05, 0) is 75.6 Å². The molecule has 3 atom stereocenters. The van der Waals surface area contributed by atoms with Gasteiger partial charge in [-0.25, -0.2) is 4.79 Å². The van der Waals surface area contributed by atoms with Gasteiger partial charge in [-0.2, -0.15) is 0 Å². The lowest BCUT2D eigenvalue weighted by atomic mass is 9.52. The highest BCUT2D eigenvalue weighted by atomic mass is 16.6. The molecule has 0 N–H and O–H groups in total. The standard InChI is InChI=1S/C22H31NO3/c1-4-25-21(24)23-12-11-22-10-6-5-7-18(22)20(23)13-16-8-9-17(14-19(16)22)26-15(2)3/h8-9,14-15,18,20H,4-7,10-13H2,1-3H3/t18-,20+,22+/m0/s1. The summed E-state index contributed by atoms with van der Waals surface area (Å²) in [6.07, 6.45) is 7.08. The van der Waals surface area contributed by atoms with Gasteiger partial charge in [0.1, 0.15) is 5.75 Å². The molecule has 3 aliphatic rings. The Morgan fingerprint density at radius 1 is 1.31 bits per heavy atom. The zero-order valence-electron chi connectivity index (χ0n) is 16.3. The fraction of sp³-hybridized carbons (Fsp3) is 0.682. The first-order valence-corrected chi connectivity index (χ1v) is 10.3. The average molecular weight is 357 g/mol. The first-order chi connectivity index (χ1) is 12.5. The summed E-state index contributed by atoms with van der Waals surface area (Å²) in [4.78, 5) is 14.6. The van der Waals surface area contributed by atoms with Crippen LogP contribution in [0.4, 0.5) is 4.79 Å². The summed E-state index contributed by atoms with van der Waals surface area (Å²) in [5.41, 5.74) is 3.12. The van der Waals surface area contributed by atoms with E-state index < -0.39 is 0 Å². The molecule has 1 amide bonds. The Bertz CT molecular complexity index is 686. The molecule has 0 aromatic heterocycles. The van der Waals surface area contributed by atoms with Crippen molar-refractivity contribution in [2.24, 2.45) is 5.92 Å². The Balaban J connectivity index is 1.73. The smallest absolute Gasteiger partial charge is 0.410 e. The van der Waals surface area contributed by atoms with Gasteiger partial charge in [0.2, 0.25) is 0 Å². The van der Waals surface area contributed by atoms with Gasteiger partial charge in [0.05, 0.1) is 12.7 Å². The number of rotatable bonds is 3. The number of nitrogens with zero attached hydrogens (tertiary/aromatic N) is 1. The number of fused-ring (bicyclic) bond motifs is 1. The van der Waals surface area contributed by atoms with E-state index in [2.05, 4.69) is 32.0 Å². The van der Waals surface area contributed by atoms with Crippen molar-refractivity contribution in [1.29, 1.82) is 0 Å². The quantitative estimate of drug-likeness (QED) is 0.788. The van der Waals surface area contributed by atoms with Gasteiger partial charge in [-0.15, -0.1) is 0 Å².